The highest BCUT2D eigenvalue weighted by molar-refractivity contribution is 5.71. The van der Waals surface area contributed by atoms with E-state index in [1.165, 1.54) is 225 Å². The second-order valence-electron chi connectivity index (χ2n) is 23.8. The number of ether oxygens (including phenoxy) is 3. The summed E-state index contributed by atoms with van der Waals surface area (Å²) in [6, 6.07) is 0. The van der Waals surface area contributed by atoms with Crippen LogP contribution in [0.1, 0.15) is 361 Å². The van der Waals surface area contributed by atoms with Gasteiger partial charge in [0.25, 0.3) is 0 Å². The van der Waals surface area contributed by atoms with E-state index in [0.29, 0.717) is 19.3 Å². The van der Waals surface area contributed by atoms with Crippen LogP contribution in [-0.2, 0) is 28.6 Å². The maximum atomic E-state index is 12.9. The summed E-state index contributed by atoms with van der Waals surface area (Å²) in [5.74, 6) is -0.860. The third kappa shape index (κ3) is 67.4. The zero-order valence-corrected chi connectivity index (χ0v) is 54.5. The zero-order valence-electron chi connectivity index (χ0n) is 54.5. The van der Waals surface area contributed by atoms with E-state index in [0.717, 1.165) is 96.3 Å². The minimum absolute atomic E-state index is 0.0721. The molecule has 0 aromatic heterocycles. The van der Waals surface area contributed by atoms with E-state index in [4.69, 9.17) is 14.2 Å². The molecule has 474 valence electrons. The maximum Gasteiger partial charge on any atom is 0.306 e. The highest BCUT2D eigenvalue weighted by Crippen LogP contribution is 2.18. The minimum atomic E-state index is -0.774. The molecule has 0 aromatic rings. The van der Waals surface area contributed by atoms with Gasteiger partial charge in [-0.1, -0.05) is 331 Å². The molecule has 0 spiro atoms. The highest BCUT2D eigenvalue weighted by Gasteiger charge is 2.19. The third-order valence-electron chi connectivity index (χ3n) is 15.6. The lowest BCUT2D eigenvalue weighted by atomic mass is 10.0. The normalized spacial score (nSPS) is 12.6. The Morgan fingerprint density at radius 2 is 0.476 bits per heavy atom. The summed E-state index contributed by atoms with van der Waals surface area (Å²) >= 11 is 0. The number of allylic oxidation sites excluding steroid dienone is 14. The van der Waals surface area contributed by atoms with Gasteiger partial charge in [0.1, 0.15) is 13.2 Å². The largest absolute Gasteiger partial charge is 0.462 e. The molecule has 0 heterocycles. The fourth-order valence-electron chi connectivity index (χ4n) is 10.3. The SMILES string of the molecule is CC/C=C\C/C=C\C/C=C\C/C=C\C/C=C\CCCCCCCCCCCCCCCC(=O)OCC(COC(=O)CCCCCCCCCC)OC(=O)CCCCCCCCCCCCCCCCC/C=C\C/C=C\CCCCCCC. The number of unbranched alkanes of at least 4 members (excludes halogenated alkanes) is 40. The van der Waals surface area contributed by atoms with Crippen LogP contribution in [0.15, 0.2) is 85.1 Å². The van der Waals surface area contributed by atoms with E-state index >= 15 is 0 Å². The van der Waals surface area contributed by atoms with Crippen LogP contribution < -0.4 is 0 Å². The molecule has 0 saturated carbocycles. The van der Waals surface area contributed by atoms with Gasteiger partial charge >= 0.3 is 17.9 Å². The summed E-state index contributed by atoms with van der Waals surface area (Å²) in [4.78, 5) is 38.3. The van der Waals surface area contributed by atoms with Crippen molar-refractivity contribution < 1.29 is 28.6 Å². The predicted molar refractivity (Wildman–Crippen MR) is 358 cm³/mol. The van der Waals surface area contributed by atoms with Gasteiger partial charge < -0.3 is 14.2 Å². The van der Waals surface area contributed by atoms with E-state index in [9.17, 15) is 14.4 Å². The minimum Gasteiger partial charge on any atom is -0.462 e. The summed E-state index contributed by atoms with van der Waals surface area (Å²) in [6.45, 7) is 6.53. The molecular formula is C76H134O6. The Morgan fingerprint density at radius 1 is 0.256 bits per heavy atom. The summed E-state index contributed by atoms with van der Waals surface area (Å²) in [7, 11) is 0. The summed E-state index contributed by atoms with van der Waals surface area (Å²) in [5, 5.41) is 0. The van der Waals surface area contributed by atoms with Crippen LogP contribution in [0.4, 0.5) is 0 Å². The van der Waals surface area contributed by atoms with Crippen LogP contribution in [-0.4, -0.2) is 37.2 Å². The van der Waals surface area contributed by atoms with E-state index in [-0.39, 0.29) is 31.1 Å². The fraction of sp³-hybridized carbons (Fsp3) is 0.776. The van der Waals surface area contributed by atoms with Gasteiger partial charge in [0.15, 0.2) is 6.10 Å². The lowest BCUT2D eigenvalue weighted by Crippen LogP contribution is -2.30. The molecule has 6 nitrogen and oxygen atoms in total. The first-order chi connectivity index (χ1) is 40.5. The molecule has 0 radical (unpaired) electrons. The van der Waals surface area contributed by atoms with Gasteiger partial charge in [-0.15, -0.1) is 0 Å². The number of hydrogen-bond donors (Lipinski definition) is 0. The smallest absolute Gasteiger partial charge is 0.306 e. The van der Waals surface area contributed by atoms with Gasteiger partial charge in [0, 0.05) is 19.3 Å². The van der Waals surface area contributed by atoms with Gasteiger partial charge in [-0.2, -0.15) is 0 Å². The number of rotatable bonds is 65. The van der Waals surface area contributed by atoms with E-state index in [1.807, 2.05) is 0 Å². The topological polar surface area (TPSA) is 78.9 Å². The molecule has 0 amide bonds. The molecule has 82 heavy (non-hydrogen) atoms. The second kappa shape index (κ2) is 70.1. The molecule has 6 heteroatoms. The second-order valence-corrected chi connectivity index (χ2v) is 23.8. The van der Waals surface area contributed by atoms with Gasteiger partial charge in [-0.25, -0.2) is 0 Å². The number of carbonyl (C=O) groups is 3. The summed E-state index contributed by atoms with van der Waals surface area (Å²) < 4.78 is 16.9. The lowest BCUT2D eigenvalue weighted by Gasteiger charge is -2.18. The van der Waals surface area contributed by atoms with Crippen molar-refractivity contribution in [3.8, 4) is 0 Å². The van der Waals surface area contributed by atoms with Gasteiger partial charge in [0.2, 0.25) is 0 Å². The van der Waals surface area contributed by atoms with Crippen molar-refractivity contribution >= 4 is 17.9 Å². The lowest BCUT2D eigenvalue weighted by molar-refractivity contribution is -0.167. The quantitative estimate of drug-likeness (QED) is 0.0261. The third-order valence-corrected chi connectivity index (χ3v) is 15.6. The standard InChI is InChI=1S/C76H134O6/c1-4-7-10-13-16-19-21-23-25-27-29-31-33-35-37-38-40-41-43-45-47-49-51-53-55-57-60-63-66-69-75(78)81-72-73(71-80-74(77)68-65-62-59-18-15-12-9-6-3)82-76(79)70-67-64-61-58-56-54-52-50-48-46-44-42-39-36-34-32-30-28-26-24-22-20-17-14-11-8-5-2/h7,10,16,19,22-25,28-31,35,37,73H,4-6,8-9,11-15,17-18,20-21,26-27,32-34,36,38-72H2,1-3H3/b10-7-,19-16-,24-22-,25-23-,30-28-,31-29-,37-35-. The molecule has 0 fully saturated rings. The van der Waals surface area contributed by atoms with Crippen molar-refractivity contribution in [3.63, 3.8) is 0 Å². The van der Waals surface area contributed by atoms with Crippen molar-refractivity contribution in [2.24, 2.45) is 0 Å². The highest BCUT2D eigenvalue weighted by atomic mass is 16.6. The van der Waals surface area contributed by atoms with Crippen LogP contribution >= 0.6 is 0 Å². The first kappa shape index (κ1) is 78.6. The number of carbonyl (C=O) groups excluding carboxylic acids is 3. The average molecular weight is 1140 g/mol. The van der Waals surface area contributed by atoms with Crippen LogP contribution in [0, 0.1) is 0 Å². The summed E-state index contributed by atoms with van der Waals surface area (Å²) in [6.07, 6.45) is 93.5. The molecule has 0 aliphatic heterocycles. The molecule has 0 saturated heterocycles. The molecule has 0 aliphatic carbocycles. The van der Waals surface area contributed by atoms with Gasteiger partial charge in [0.05, 0.1) is 0 Å². The Balaban J connectivity index is 4.10. The molecule has 0 rings (SSSR count). The van der Waals surface area contributed by atoms with Crippen molar-refractivity contribution in [2.75, 3.05) is 13.2 Å². The molecule has 0 N–H and O–H groups in total. The van der Waals surface area contributed by atoms with Crippen LogP contribution in [0.25, 0.3) is 0 Å². The number of hydrogen-bond acceptors (Lipinski definition) is 6. The monoisotopic (exact) mass is 1140 g/mol. The first-order valence-electron chi connectivity index (χ1n) is 35.6. The van der Waals surface area contributed by atoms with Crippen LogP contribution in [0.2, 0.25) is 0 Å². The molecule has 1 unspecified atom stereocenters. The average Bonchev–Trinajstić information content (AvgIpc) is 3.47. The van der Waals surface area contributed by atoms with E-state index in [1.54, 1.807) is 0 Å². The Kier molecular flexibility index (Phi) is 67.2. The molecule has 1 atom stereocenters. The van der Waals surface area contributed by atoms with Crippen molar-refractivity contribution in [2.45, 2.75) is 367 Å². The zero-order chi connectivity index (χ0) is 59.2. The fourth-order valence-corrected chi connectivity index (χ4v) is 10.3. The van der Waals surface area contributed by atoms with Crippen molar-refractivity contribution in [1.29, 1.82) is 0 Å². The Bertz CT molecular complexity index is 1550. The van der Waals surface area contributed by atoms with Crippen molar-refractivity contribution in [1.82, 2.24) is 0 Å². The Hall–Kier alpha value is -3.41. The number of esters is 3. The van der Waals surface area contributed by atoms with Crippen LogP contribution in [0.5, 0.6) is 0 Å². The maximum absolute atomic E-state index is 12.9. The van der Waals surface area contributed by atoms with Gasteiger partial charge in [-0.05, 0) is 96.3 Å². The van der Waals surface area contributed by atoms with E-state index in [2.05, 4.69) is 106 Å². The van der Waals surface area contributed by atoms with Crippen molar-refractivity contribution in [3.05, 3.63) is 85.1 Å². The molecular weight excluding hydrogens is 1010 g/mol. The summed E-state index contributed by atoms with van der Waals surface area (Å²) in [5.41, 5.74) is 0. The van der Waals surface area contributed by atoms with E-state index < -0.39 is 6.10 Å². The Labute approximate surface area is 509 Å². The molecule has 0 aliphatic rings. The predicted octanol–water partition coefficient (Wildman–Crippen LogP) is 24.6. The Morgan fingerprint density at radius 3 is 0.744 bits per heavy atom. The molecule has 0 bridgehead atoms. The van der Waals surface area contributed by atoms with Gasteiger partial charge in [-0.3, -0.25) is 14.4 Å². The molecule has 0 aromatic carbocycles. The van der Waals surface area contributed by atoms with Crippen LogP contribution in [0.3, 0.4) is 0 Å². The first-order valence-corrected chi connectivity index (χ1v) is 35.6.